The molecule has 5 nitrogen and oxygen atoms in total. The van der Waals surface area contributed by atoms with Gasteiger partial charge in [0, 0.05) is 24.8 Å². The zero-order chi connectivity index (χ0) is 20.1. The summed E-state index contributed by atoms with van der Waals surface area (Å²) in [5.41, 5.74) is -0.186. The lowest BCUT2D eigenvalue weighted by Crippen LogP contribution is -2.47. The van der Waals surface area contributed by atoms with E-state index in [4.69, 9.17) is 4.74 Å². The Morgan fingerprint density at radius 1 is 1.14 bits per heavy atom. The first-order valence-electron chi connectivity index (χ1n) is 8.99. The molecule has 0 unspecified atom stereocenters. The number of hydrogen-bond acceptors (Lipinski definition) is 3. The summed E-state index contributed by atoms with van der Waals surface area (Å²) in [4.78, 5) is 14.1. The zero-order valence-corrected chi connectivity index (χ0v) is 15.4. The number of para-hydroxylation sites is 1. The third-order valence-corrected chi connectivity index (χ3v) is 4.64. The molecule has 1 aliphatic heterocycles. The number of anilines is 2. The predicted molar refractivity (Wildman–Crippen MR) is 102 cm³/mol. The number of hydrogen-bond donors (Lipinski definition) is 2. The normalized spacial score (nSPS) is 17.1. The van der Waals surface area contributed by atoms with Crippen molar-refractivity contribution in [3.05, 3.63) is 54.1 Å². The fourth-order valence-electron chi connectivity index (χ4n) is 3.24. The average Bonchev–Trinajstić information content (AvgIpc) is 2.68. The highest BCUT2D eigenvalue weighted by Gasteiger charge is 2.34. The summed E-state index contributed by atoms with van der Waals surface area (Å²) >= 11 is 0. The average molecular weight is 393 g/mol. The number of ether oxygens (including phenoxy) is 1. The Hall–Kier alpha value is -2.90. The van der Waals surface area contributed by atoms with E-state index < -0.39 is 17.8 Å². The van der Waals surface area contributed by atoms with Crippen molar-refractivity contribution in [2.45, 2.75) is 25.1 Å². The van der Waals surface area contributed by atoms with Gasteiger partial charge in [-0.1, -0.05) is 12.1 Å². The second-order valence-electron chi connectivity index (χ2n) is 6.63. The Bertz CT molecular complexity index is 809. The highest BCUT2D eigenvalue weighted by atomic mass is 19.4. The number of amides is 2. The van der Waals surface area contributed by atoms with Crippen LogP contribution in [0.5, 0.6) is 5.75 Å². The minimum Gasteiger partial charge on any atom is -0.497 e. The maximum Gasteiger partial charge on any atom is 0.418 e. The number of halogens is 3. The van der Waals surface area contributed by atoms with E-state index in [0.29, 0.717) is 13.1 Å². The summed E-state index contributed by atoms with van der Waals surface area (Å²) in [6.07, 6.45) is -2.89. The molecule has 0 saturated carbocycles. The van der Waals surface area contributed by atoms with Crippen LogP contribution in [-0.4, -0.2) is 37.2 Å². The van der Waals surface area contributed by atoms with Crippen molar-refractivity contribution in [1.82, 2.24) is 4.90 Å². The minimum atomic E-state index is -4.52. The van der Waals surface area contributed by atoms with Crippen LogP contribution in [0.25, 0.3) is 0 Å². The van der Waals surface area contributed by atoms with Crippen LogP contribution in [0.15, 0.2) is 48.5 Å². The second kappa shape index (κ2) is 8.41. The molecule has 8 heteroatoms. The molecule has 0 radical (unpaired) electrons. The topological polar surface area (TPSA) is 53.6 Å². The number of carbonyl (C=O) groups excluding carboxylic acids is 1. The number of likely N-dealkylation sites (tertiary alicyclic amines) is 1. The molecule has 3 rings (SSSR count). The van der Waals surface area contributed by atoms with Gasteiger partial charge in [0.05, 0.1) is 18.4 Å². The maximum atomic E-state index is 13.1. The van der Waals surface area contributed by atoms with Crippen LogP contribution in [-0.2, 0) is 6.18 Å². The van der Waals surface area contributed by atoms with E-state index in [1.54, 1.807) is 7.11 Å². The van der Waals surface area contributed by atoms with Crippen molar-refractivity contribution in [2.24, 2.45) is 0 Å². The van der Waals surface area contributed by atoms with Gasteiger partial charge < -0.3 is 20.3 Å². The highest BCUT2D eigenvalue weighted by Crippen LogP contribution is 2.34. The molecule has 2 N–H and O–H groups in total. The lowest BCUT2D eigenvalue weighted by Gasteiger charge is -2.34. The molecule has 1 fully saturated rings. The third-order valence-electron chi connectivity index (χ3n) is 4.64. The number of rotatable bonds is 4. The largest absolute Gasteiger partial charge is 0.497 e. The van der Waals surface area contributed by atoms with Crippen molar-refractivity contribution < 1.29 is 22.7 Å². The van der Waals surface area contributed by atoms with E-state index in [1.165, 1.54) is 23.1 Å². The van der Waals surface area contributed by atoms with Gasteiger partial charge >= 0.3 is 12.2 Å². The van der Waals surface area contributed by atoms with Gasteiger partial charge in [0.2, 0.25) is 0 Å². The van der Waals surface area contributed by atoms with Gasteiger partial charge in [-0.15, -0.1) is 0 Å². The molecule has 2 aromatic rings. The SMILES string of the molecule is COc1ccc(N[C@H]2CCCN(C(=O)Nc3ccccc3C(F)(F)F)C2)cc1. The van der Waals surface area contributed by atoms with E-state index in [9.17, 15) is 18.0 Å². The molecule has 0 aromatic heterocycles. The molecule has 0 bridgehead atoms. The Kier molecular flexibility index (Phi) is 5.96. The molecule has 1 aliphatic rings. The Labute approximate surface area is 161 Å². The van der Waals surface area contributed by atoms with Gasteiger partial charge in [0.15, 0.2) is 0 Å². The van der Waals surface area contributed by atoms with Crippen LogP contribution in [0.2, 0.25) is 0 Å². The van der Waals surface area contributed by atoms with Crippen molar-refractivity contribution in [3.63, 3.8) is 0 Å². The second-order valence-corrected chi connectivity index (χ2v) is 6.63. The first-order valence-corrected chi connectivity index (χ1v) is 8.99. The zero-order valence-electron chi connectivity index (χ0n) is 15.4. The van der Waals surface area contributed by atoms with E-state index in [-0.39, 0.29) is 11.7 Å². The number of alkyl halides is 3. The fourth-order valence-corrected chi connectivity index (χ4v) is 3.24. The summed E-state index contributed by atoms with van der Waals surface area (Å²) < 4.78 is 44.5. The summed E-state index contributed by atoms with van der Waals surface area (Å²) in [6, 6.07) is 11.9. The van der Waals surface area contributed by atoms with Crippen LogP contribution in [0, 0.1) is 0 Å². The Balaban J connectivity index is 1.63. The minimum absolute atomic E-state index is 0.0192. The lowest BCUT2D eigenvalue weighted by atomic mass is 10.1. The van der Waals surface area contributed by atoms with Gasteiger partial charge in [-0.2, -0.15) is 13.2 Å². The van der Waals surface area contributed by atoms with Crippen LogP contribution < -0.4 is 15.4 Å². The molecule has 1 atom stereocenters. The van der Waals surface area contributed by atoms with Gasteiger partial charge in [0.1, 0.15) is 5.75 Å². The quantitative estimate of drug-likeness (QED) is 0.783. The number of nitrogens with zero attached hydrogens (tertiary/aromatic N) is 1. The molecule has 150 valence electrons. The number of carbonyl (C=O) groups is 1. The smallest absolute Gasteiger partial charge is 0.418 e. The molecule has 0 spiro atoms. The molecule has 28 heavy (non-hydrogen) atoms. The van der Waals surface area contributed by atoms with Crippen molar-refractivity contribution in [2.75, 3.05) is 30.8 Å². The van der Waals surface area contributed by atoms with Crippen LogP contribution in [0.4, 0.5) is 29.3 Å². The Morgan fingerprint density at radius 2 is 1.86 bits per heavy atom. The third kappa shape index (κ3) is 4.88. The molecular formula is C20H22F3N3O2. The van der Waals surface area contributed by atoms with E-state index in [0.717, 1.165) is 30.3 Å². The maximum absolute atomic E-state index is 13.1. The molecule has 1 heterocycles. The summed E-state index contributed by atoms with van der Waals surface area (Å²) in [6.45, 7) is 0.910. The molecule has 0 aliphatic carbocycles. The molecule has 2 amide bonds. The van der Waals surface area contributed by atoms with Crippen LogP contribution in [0.1, 0.15) is 18.4 Å². The molecule has 1 saturated heterocycles. The highest BCUT2D eigenvalue weighted by molar-refractivity contribution is 5.90. The predicted octanol–water partition coefficient (Wildman–Crippen LogP) is 4.82. The van der Waals surface area contributed by atoms with Crippen molar-refractivity contribution in [1.29, 1.82) is 0 Å². The van der Waals surface area contributed by atoms with Crippen LogP contribution in [0.3, 0.4) is 0 Å². The van der Waals surface area contributed by atoms with E-state index in [2.05, 4.69) is 10.6 Å². The summed E-state index contributed by atoms with van der Waals surface area (Å²) in [5.74, 6) is 0.749. The number of methoxy groups -OCH3 is 1. The number of nitrogens with one attached hydrogen (secondary N) is 2. The van der Waals surface area contributed by atoms with Gasteiger partial charge in [-0.05, 0) is 49.2 Å². The lowest BCUT2D eigenvalue weighted by molar-refractivity contribution is -0.136. The van der Waals surface area contributed by atoms with Gasteiger partial charge in [-0.3, -0.25) is 0 Å². The fraction of sp³-hybridized carbons (Fsp3) is 0.350. The number of piperidine rings is 1. The number of benzene rings is 2. The van der Waals surface area contributed by atoms with Crippen molar-refractivity contribution >= 4 is 17.4 Å². The first-order chi connectivity index (χ1) is 13.4. The Morgan fingerprint density at radius 3 is 2.54 bits per heavy atom. The van der Waals surface area contributed by atoms with Gasteiger partial charge in [0.25, 0.3) is 0 Å². The first kappa shape index (κ1) is 19.9. The standard InChI is InChI=1S/C20H22F3N3O2/c1-28-16-10-8-14(9-11-16)24-15-5-4-12-26(13-15)19(27)25-18-7-3-2-6-17(18)20(21,22)23/h2-3,6-11,15,24H,4-5,12-13H2,1H3,(H,25,27)/t15-/m0/s1. The summed E-state index contributed by atoms with van der Waals surface area (Å²) in [7, 11) is 1.59. The van der Waals surface area contributed by atoms with E-state index in [1.807, 2.05) is 24.3 Å². The molecular weight excluding hydrogens is 371 g/mol. The monoisotopic (exact) mass is 393 g/mol. The van der Waals surface area contributed by atoms with Crippen LogP contribution >= 0.6 is 0 Å². The summed E-state index contributed by atoms with van der Waals surface area (Å²) in [5, 5.41) is 5.77. The van der Waals surface area contributed by atoms with Gasteiger partial charge in [-0.25, -0.2) is 4.79 Å². The van der Waals surface area contributed by atoms with E-state index >= 15 is 0 Å². The molecule has 2 aromatic carbocycles. The number of urea groups is 1. The van der Waals surface area contributed by atoms with Crippen molar-refractivity contribution in [3.8, 4) is 5.75 Å².